The average molecular weight is 328 g/mol. The first-order chi connectivity index (χ1) is 11.5. The number of ether oxygens (including phenoxy) is 1. The maximum Gasteiger partial charge on any atom is 0.246 e. The second kappa shape index (κ2) is 6.77. The Balaban J connectivity index is 1.60. The molecule has 128 valence electrons. The minimum atomic E-state index is -0.0539. The van der Waals surface area contributed by atoms with Gasteiger partial charge in [0, 0.05) is 24.8 Å². The SMILES string of the molecule is COCC(=O)N[C@H]1C[C@@H](Cc2cc(-c3ccccc3)on2)C1(C)C. The molecule has 3 rings (SSSR count). The number of benzene rings is 1. The van der Waals surface area contributed by atoms with E-state index in [4.69, 9.17) is 9.26 Å². The fourth-order valence-electron chi connectivity index (χ4n) is 3.37. The number of methoxy groups -OCH3 is 1. The van der Waals surface area contributed by atoms with Gasteiger partial charge in [0.15, 0.2) is 5.76 Å². The Morgan fingerprint density at radius 3 is 2.79 bits per heavy atom. The standard InChI is InChI=1S/C19H24N2O3/c1-19(2)14(10-17(19)20-18(22)12-23-3)9-15-11-16(24-21-15)13-7-5-4-6-8-13/h4-8,11,14,17H,9-10,12H2,1-3H3,(H,20,22)/t14-,17+/m1/s1. The van der Waals surface area contributed by atoms with Crippen LogP contribution in [0.4, 0.5) is 0 Å². The molecule has 24 heavy (non-hydrogen) atoms. The van der Waals surface area contributed by atoms with Gasteiger partial charge in [0.25, 0.3) is 0 Å². The Morgan fingerprint density at radius 2 is 2.12 bits per heavy atom. The van der Waals surface area contributed by atoms with Crippen molar-refractivity contribution in [1.29, 1.82) is 0 Å². The van der Waals surface area contributed by atoms with Gasteiger partial charge < -0.3 is 14.6 Å². The van der Waals surface area contributed by atoms with E-state index in [2.05, 4.69) is 24.3 Å². The van der Waals surface area contributed by atoms with Crippen molar-refractivity contribution in [3.63, 3.8) is 0 Å². The Kier molecular flexibility index (Phi) is 4.71. The summed E-state index contributed by atoms with van der Waals surface area (Å²) in [6.45, 7) is 4.50. The van der Waals surface area contributed by atoms with Gasteiger partial charge in [-0.05, 0) is 24.2 Å². The zero-order valence-corrected chi connectivity index (χ0v) is 14.4. The number of hydrogen-bond acceptors (Lipinski definition) is 4. The van der Waals surface area contributed by atoms with Crippen LogP contribution in [-0.2, 0) is 16.0 Å². The molecule has 1 N–H and O–H groups in total. The lowest BCUT2D eigenvalue weighted by atomic mass is 9.57. The molecule has 2 atom stereocenters. The van der Waals surface area contributed by atoms with Crippen LogP contribution in [0.1, 0.15) is 26.0 Å². The molecule has 0 aliphatic heterocycles. The normalized spacial score (nSPS) is 22.0. The first kappa shape index (κ1) is 16.7. The summed E-state index contributed by atoms with van der Waals surface area (Å²) in [7, 11) is 1.53. The summed E-state index contributed by atoms with van der Waals surface area (Å²) in [5.41, 5.74) is 2.04. The molecule has 1 amide bonds. The van der Waals surface area contributed by atoms with Crippen LogP contribution in [0.5, 0.6) is 0 Å². The molecule has 5 heteroatoms. The van der Waals surface area contributed by atoms with Crippen molar-refractivity contribution >= 4 is 5.91 Å². The molecular weight excluding hydrogens is 304 g/mol. The Labute approximate surface area is 142 Å². The molecule has 1 heterocycles. The predicted molar refractivity (Wildman–Crippen MR) is 91.3 cm³/mol. The molecule has 1 aromatic carbocycles. The van der Waals surface area contributed by atoms with E-state index < -0.39 is 0 Å². The number of amides is 1. The summed E-state index contributed by atoms with van der Waals surface area (Å²) in [6, 6.07) is 12.2. The quantitative estimate of drug-likeness (QED) is 0.885. The van der Waals surface area contributed by atoms with E-state index in [0.717, 1.165) is 29.9 Å². The number of nitrogens with one attached hydrogen (secondary N) is 1. The van der Waals surface area contributed by atoms with Crippen LogP contribution in [0.25, 0.3) is 11.3 Å². The van der Waals surface area contributed by atoms with Crippen molar-refractivity contribution in [1.82, 2.24) is 10.5 Å². The molecule has 1 saturated carbocycles. The molecular formula is C19H24N2O3. The van der Waals surface area contributed by atoms with E-state index in [-0.39, 0.29) is 24.0 Å². The Bertz CT molecular complexity index is 694. The topological polar surface area (TPSA) is 64.4 Å². The maximum atomic E-state index is 11.7. The highest BCUT2D eigenvalue weighted by Gasteiger charge is 2.48. The highest BCUT2D eigenvalue weighted by Crippen LogP contribution is 2.47. The summed E-state index contributed by atoms with van der Waals surface area (Å²) >= 11 is 0. The molecule has 5 nitrogen and oxygen atoms in total. The summed E-state index contributed by atoms with van der Waals surface area (Å²) < 4.78 is 10.3. The summed E-state index contributed by atoms with van der Waals surface area (Å²) in [5.74, 6) is 1.22. The van der Waals surface area contributed by atoms with E-state index in [0.29, 0.717) is 5.92 Å². The second-order valence-corrected chi connectivity index (χ2v) is 7.06. The number of carbonyl (C=O) groups excluding carboxylic acids is 1. The summed E-state index contributed by atoms with van der Waals surface area (Å²) in [6.07, 6.45) is 1.82. The monoisotopic (exact) mass is 328 g/mol. The largest absolute Gasteiger partial charge is 0.375 e. The minimum Gasteiger partial charge on any atom is -0.375 e. The van der Waals surface area contributed by atoms with Crippen LogP contribution < -0.4 is 5.32 Å². The molecule has 0 bridgehead atoms. The number of nitrogens with zero attached hydrogens (tertiary/aromatic N) is 1. The third-order valence-electron chi connectivity index (χ3n) is 5.15. The van der Waals surface area contributed by atoms with E-state index in [9.17, 15) is 4.79 Å². The van der Waals surface area contributed by atoms with Gasteiger partial charge in [0.1, 0.15) is 6.61 Å². The van der Waals surface area contributed by atoms with Crippen molar-refractivity contribution < 1.29 is 14.1 Å². The molecule has 0 spiro atoms. The summed E-state index contributed by atoms with van der Waals surface area (Å²) in [4.78, 5) is 11.7. The van der Waals surface area contributed by atoms with Gasteiger partial charge in [-0.3, -0.25) is 4.79 Å². The third kappa shape index (κ3) is 3.36. The zero-order valence-electron chi connectivity index (χ0n) is 14.4. The lowest BCUT2D eigenvalue weighted by molar-refractivity contribution is -0.129. The number of aromatic nitrogens is 1. The van der Waals surface area contributed by atoms with E-state index in [1.165, 1.54) is 7.11 Å². The van der Waals surface area contributed by atoms with Gasteiger partial charge in [0.2, 0.25) is 5.91 Å². The maximum absolute atomic E-state index is 11.7. The van der Waals surface area contributed by atoms with Crippen molar-refractivity contribution in [3.8, 4) is 11.3 Å². The van der Waals surface area contributed by atoms with Crippen molar-refractivity contribution in [3.05, 3.63) is 42.1 Å². The fraction of sp³-hybridized carbons (Fsp3) is 0.474. The zero-order chi connectivity index (χ0) is 17.2. The smallest absolute Gasteiger partial charge is 0.246 e. The van der Waals surface area contributed by atoms with Gasteiger partial charge in [-0.25, -0.2) is 0 Å². The van der Waals surface area contributed by atoms with Crippen LogP contribution in [0.2, 0.25) is 0 Å². The number of hydrogen-bond donors (Lipinski definition) is 1. The summed E-state index contributed by atoms with van der Waals surface area (Å²) in [5, 5.41) is 7.26. The third-order valence-corrected chi connectivity index (χ3v) is 5.15. The van der Waals surface area contributed by atoms with Crippen LogP contribution in [0.15, 0.2) is 40.9 Å². The second-order valence-electron chi connectivity index (χ2n) is 7.06. The molecule has 1 aliphatic rings. The van der Waals surface area contributed by atoms with Crippen LogP contribution >= 0.6 is 0 Å². The van der Waals surface area contributed by atoms with Crippen LogP contribution in [-0.4, -0.2) is 30.8 Å². The van der Waals surface area contributed by atoms with E-state index in [1.807, 2.05) is 36.4 Å². The van der Waals surface area contributed by atoms with Crippen molar-refractivity contribution in [2.45, 2.75) is 32.7 Å². The fourth-order valence-corrected chi connectivity index (χ4v) is 3.37. The van der Waals surface area contributed by atoms with Gasteiger partial charge in [-0.1, -0.05) is 49.3 Å². The lowest BCUT2D eigenvalue weighted by Gasteiger charge is -2.52. The Hall–Kier alpha value is -2.14. The van der Waals surface area contributed by atoms with Crippen molar-refractivity contribution in [2.24, 2.45) is 11.3 Å². The molecule has 1 aromatic heterocycles. The number of carbonyl (C=O) groups is 1. The average Bonchev–Trinajstić information content (AvgIpc) is 3.04. The molecule has 0 unspecified atom stereocenters. The Morgan fingerprint density at radius 1 is 1.38 bits per heavy atom. The predicted octanol–water partition coefficient (Wildman–Crippen LogP) is 3.06. The van der Waals surface area contributed by atoms with E-state index in [1.54, 1.807) is 0 Å². The number of rotatable bonds is 6. The van der Waals surface area contributed by atoms with Gasteiger partial charge in [0.05, 0.1) is 5.69 Å². The lowest BCUT2D eigenvalue weighted by Crippen LogP contribution is -2.59. The van der Waals surface area contributed by atoms with Gasteiger partial charge >= 0.3 is 0 Å². The molecule has 1 fully saturated rings. The van der Waals surface area contributed by atoms with Crippen LogP contribution in [0, 0.1) is 11.3 Å². The first-order valence-corrected chi connectivity index (χ1v) is 8.30. The van der Waals surface area contributed by atoms with Crippen molar-refractivity contribution in [2.75, 3.05) is 13.7 Å². The first-order valence-electron chi connectivity index (χ1n) is 8.30. The molecule has 1 aliphatic carbocycles. The van der Waals surface area contributed by atoms with Gasteiger partial charge in [-0.2, -0.15) is 0 Å². The highest BCUT2D eigenvalue weighted by atomic mass is 16.5. The molecule has 0 radical (unpaired) electrons. The van der Waals surface area contributed by atoms with E-state index >= 15 is 0 Å². The minimum absolute atomic E-state index is 0.0370. The molecule has 0 saturated heterocycles. The van der Waals surface area contributed by atoms with Gasteiger partial charge in [-0.15, -0.1) is 0 Å². The van der Waals surface area contributed by atoms with Crippen LogP contribution in [0.3, 0.4) is 0 Å². The highest BCUT2D eigenvalue weighted by molar-refractivity contribution is 5.77. The molecule has 2 aromatic rings.